The summed E-state index contributed by atoms with van der Waals surface area (Å²) >= 11 is 3.30. The summed E-state index contributed by atoms with van der Waals surface area (Å²) < 4.78 is 0.734. The van der Waals surface area contributed by atoms with Crippen molar-refractivity contribution in [2.45, 2.75) is 19.4 Å². The highest BCUT2D eigenvalue weighted by Gasteiger charge is 1.99. The third-order valence-corrected chi connectivity index (χ3v) is 3.30. The molecule has 0 atom stereocenters. The van der Waals surface area contributed by atoms with Crippen molar-refractivity contribution < 1.29 is 5.11 Å². The number of halogens is 1. The summed E-state index contributed by atoms with van der Waals surface area (Å²) in [4.78, 5) is 7.26. The number of aromatic hydroxyl groups is 1. The Morgan fingerprint density at radius 2 is 2.28 bits per heavy atom. The van der Waals surface area contributed by atoms with Crippen molar-refractivity contribution in [1.82, 2.24) is 15.3 Å². The number of nitrogens with one attached hydrogen (secondary N) is 2. The van der Waals surface area contributed by atoms with E-state index in [1.54, 1.807) is 12.3 Å². The Bertz CT molecular complexity index is 485. The van der Waals surface area contributed by atoms with Crippen molar-refractivity contribution in [3.05, 3.63) is 46.5 Å². The lowest BCUT2D eigenvalue weighted by Gasteiger charge is -2.05. The van der Waals surface area contributed by atoms with Crippen LogP contribution in [0.15, 0.2) is 35.1 Å². The van der Waals surface area contributed by atoms with E-state index in [2.05, 4.69) is 31.2 Å². The molecule has 1 aromatic heterocycles. The lowest BCUT2D eigenvalue weighted by atomic mass is 10.2. The van der Waals surface area contributed by atoms with Crippen LogP contribution < -0.4 is 5.32 Å². The number of aromatic nitrogens is 2. The smallest absolute Gasteiger partial charge is 0.129 e. The zero-order chi connectivity index (χ0) is 12.8. The molecule has 0 spiro atoms. The standard InChI is InChI=1S/C13H16BrN3O/c14-11-8-10(3-4-12(11)18)9-15-5-1-2-13-16-6-7-17-13/h3-4,6-8,15,18H,1-2,5,9H2,(H,16,17). The number of nitrogens with zero attached hydrogens (tertiary/aromatic N) is 1. The van der Waals surface area contributed by atoms with E-state index in [0.717, 1.165) is 41.8 Å². The zero-order valence-corrected chi connectivity index (χ0v) is 11.6. The number of rotatable bonds is 6. The average molecular weight is 310 g/mol. The Kier molecular flexibility index (Phi) is 4.78. The first-order chi connectivity index (χ1) is 8.75. The Morgan fingerprint density at radius 1 is 1.39 bits per heavy atom. The molecular weight excluding hydrogens is 294 g/mol. The fourth-order valence-electron chi connectivity index (χ4n) is 1.71. The molecule has 18 heavy (non-hydrogen) atoms. The lowest BCUT2D eigenvalue weighted by Crippen LogP contribution is -2.15. The summed E-state index contributed by atoms with van der Waals surface area (Å²) in [5, 5.41) is 12.7. The molecule has 0 saturated carbocycles. The molecule has 5 heteroatoms. The Morgan fingerprint density at radius 3 is 3.00 bits per heavy atom. The van der Waals surface area contributed by atoms with Crippen molar-refractivity contribution in [3.63, 3.8) is 0 Å². The number of phenols is 1. The van der Waals surface area contributed by atoms with Gasteiger partial charge in [-0.1, -0.05) is 6.07 Å². The first-order valence-corrected chi connectivity index (χ1v) is 6.71. The van der Waals surface area contributed by atoms with Gasteiger partial charge in [0.05, 0.1) is 4.47 Å². The van der Waals surface area contributed by atoms with Gasteiger partial charge in [0.25, 0.3) is 0 Å². The molecule has 1 aromatic carbocycles. The first kappa shape index (κ1) is 13.1. The second-order valence-corrected chi connectivity index (χ2v) is 4.96. The van der Waals surface area contributed by atoms with E-state index >= 15 is 0 Å². The number of hydrogen-bond acceptors (Lipinski definition) is 3. The Balaban J connectivity index is 1.67. The van der Waals surface area contributed by atoms with Gasteiger partial charge in [0, 0.05) is 25.4 Å². The van der Waals surface area contributed by atoms with Gasteiger partial charge < -0.3 is 15.4 Å². The monoisotopic (exact) mass is 309 g/mol. The van der Waals surface area contributed by atoms with Gasteiger partial charge in [0.1, 0.15) is 11.6 Å². The highest BCUT2D eigenvalue weighted by atomic mass is 79.9. The van der Waals surface area contributed by atoms with Crippen LogP contribution in [0.4, 0.5) is 0 Å². The third-order valence-electron chi connectivity index (χ3n) is 2.66. The molecule has 2 aromatic rings. The molecule has 2 rings (SSSR count). The molecule has 0 aliphatic heterocycles. The van der Waals surface area contributed by atoms with Crippen molar-refractivity contribution in [2.24, 2.45) is 0 Å². The number of imidazole rings is 1. The Labute approximate surface area is 115 Å². The van der Waals surface area contributed by atoms with Crippen LogP contribution in [0.2, 0.25) is 0 Å². The molecule has 0 unspecified atom stereocenters. The van der Waals surface area contributed by atoms with Gasteiger partial charge in [0.2, 0.25) is 0 Å². The summed E-state index contributed by atoms with van der Waals surface area (Å²) in [6, 6.07) is 5.54. The summed E-state index contributed by atoms with van der Waals surface area (Å²) in [6.07, 6.45) is 5.62. The van der Waals surface area contributed by atoms with Crippen LogP contribution in [0, 0.1) is 0 Å². The topological polar surface area (TPSA) is 60.9 Å². The van der Waals surface area contributed by atoms with Gasteiger partial charge >= 0.3 is 0 Å². The van der Waals surface area contributed by atoms with E-state index in [-0.39, 0.29) is 5.75 Å². The molecule has 1 heterocycles. The number of benzene rings is 1. The number of hydrogen-bond donors (Lipinski definition) is 3. The predicted octanol–water partition coefficient (Wildman–Crippen LogP) is 2.60. The van der Waals surface area contributed by atoms with Crippen molar-refractivity contribution in [3.8, 4) is 5.75 Å². The van der Waals surface area contributed by atoms with Crippen molar-refractivity contribution in [1.29, 1.82) is 0 Å². The fraction of sp³-hybridized carbons (Fsp3) is 0.308. The number of H-pyrrole nitrogens is 1. The fourth-order valence-corrected chi connectivity index (χ4v) is 2.13. The summed E-state index contributed by atoms with van der Waals surface area (Å²) in [6.45, 7) is 1.75. The third kappa shape index (κ3) is 3.85. The molecule has 96 valence electrons. The molecule has 0 radical (unpaired) electrons. The highest BCUT2D eigenvalue weighted by molar-refractivity contribution is 9.10. The second-order valence-electron chi connectivity index (χ2n) is 4.10. The molecule has 4 nitrogen and oxygen atoms in total. The zero-order valence-electron chi connectivity index (χ0n) is 9.99. The normalized spacial score (nSPS) is 10.7. The van der Waals surface area contributed by atoms with E-state index in [9.17, 15) is 5.11 Å². The van der Waals surface area contributed by atoms with Gasteiger partial charge in [0.15, 0.2) is 0 Å². The molecule has 0 aliphatic rings. The van der Waals surface area contributed by atoms with Crippen LogP contribution in [0.25, 0.3) is 0 Å². The quantitative estimate of drug-likeness (QED) is 0.719. The molecule has 0 bridgehead atoms. The maximum Gasteiger partial charge on any atom is 0.129 e. The van der Waals surface area contributed by atoms with Crippen LogP contribution in [-0.2, 0) is 13.0 Å². The second kappa shape index (κ2) is 6.56. The van der Waals surface area contributed by atoms with Crippen molar-refractivity contribution in [2.75, 3.05) is 6.54 Å². The van der Waals surface area contributed by atoms with Crippen molar-refractivity contribution >= 4 is 15.9 Å². The van der Waals surface area contributed by atoms with Crippen LogP contribution >= 0.6 is 15.9 Å². The maximum absolute atomic E-state index is 9.38. The minimum atomic E-state index is 0.275. The maximum atomic E-state index is 9.38. The van der Waals surface area contributed by atoms with E-state index in [0.29, 0.717) is 0 Å². The number of phenolic OH excluding ortho intramolecular Hbond substituents is 1. The van der Waals surface area contributed by atoms with Crippen LogP contribution in [0.1, 0.15) is 17.8 Å². The summed E-state index contributed by atoms with van der Waals surface area (Å²) in [5.41, 5.74) is 1.15. The van der Waals surface area contributed by atoms with Crippen LogP contribution in [0.3, 0.4) is 0 Å². The first-order valence-electron chi connectivity index (χ1n) is 5.92. The minimum absolute atomic E-state index is 0.275. The molecule has 3 N–H and O–H groups in total. The minimum Gasteiger partial charge on any atom is -0.507 e. The van der Waals surface area contributed by atoms with Gasteiger partial charge in [-0.05, 0) is 46.6 Å². The van der Waals surface area contributed by atoms with E-state index in [4.69, 9.17) is 0 Å². The number of aryl methyl sites for hydroxylation is 1. The SMILES string of the molecule is Oc1ccc(CNCCCc2ncc[nH]2)cc1Br. The van der Waals surface area contributed by atoms with E-state index < -0.39 is 0 Å². The van der Waals surface area contributed by atoms with Crippen LogP contribution in [-0.4, -0.2) is 21.6 Å². The molecule has 0 saturated heterocycles. The van der Waals surface area contributed by atoms with Gasteiger partial charge in [-0.15, -0.1) is 0 Å². The number of aromatic amines is 1. The largest absolute Gasteiger partial charge is 0.507 e. The summed E-state index contributed by atoms with van der Waals surface area (Å²) in [7, 11) is 0. The molecular formula is C13H16BrN3O. The van der Waals surface area contributed by atoms with E-state index in [1.165, 1.54) is 0 Å². The van der Waals surface area contributed by atoms with Crippen LogP contribution in [0.5, 0.6) is 5.75 Å². The predicted molar refractivity (Wildman–Crippen MR) is 74.4 cm³/mol. The molecule has 0 aliphatic carbocycles. The molecule has 0 amide bonds. The summed E-state index contributed by atoms with van der Waals surface area (Å²) in [5.74, 6) is 1.31. The van der Waals surface area contributed by atoms with Gasteiger partial charge in [-0.3, -0.25) is 0 Å². The Hall–Kier alpha value is -1.33. The average Bonchev–Trinajstić information content (AvgIpc) is 2.86. The molecule has 0 fully saturated rings. The highest BCUT2D eigenvalue weighted by Crippen LogP contribution is 2.24. The lowest BCUT2D eigenvalue weighted by molar-refractivity contribution is 0.471. The van der Waals surface area contributed by atoms with E-state index in [1.807, 2.05) is 18.3 Å². The van der Waals surface area contributed by atoms with Gasteiger partial charge in [-0.25, -0.2) is 4.98 Å². The van der Waals surface area contributed by atoms with Gasteiger partial charge in [-0.2, -0.15) is 0 Å².